The van der Waals surface area contributed by atoms with Crippen molar-refractivity contribution in [1.29, 1.82) is 0 Å². The molecular formula is C25H33NO4. The summed E-state index contributed by atoms with van der Waals surface area (Å²) in [6.45, 7) is 7.59. The maximum Gasteiger partial charge on any atom is 0.235 e. The number of nitrogens with one attached hydrogen (secondary N) is 1. The standard InChI is InChI=1S/C25H33NO4/c1-18(2)15-28-22-12-11-21(19-9-5-6-10-20(19)22)26-23(27)24(3)16-29-25(30-17-24)13-7-4-8-14-25/h5-6,9-12,18H,4,7-8,13-17H2,1-3H3,(H,26,27). The summed E-state index contributed by atoms with van der Waals surface area (Å²) >= 11 is 0. The Kier molecular flexibility index (Phi) is 6.03. The van der Waals surface area contributed by atoms with Gasteiger partial charge in [-0.1, -0.05) is 44.5 Å². The summed E-state index contributed by atoms with van der Waals surface area (Å²) in [6.07, 6.45) is 5.33. The Balaban J connectivity index is 1.50. The number of fused-ring (bicyclic) bond motifs is 1. The Bertz CT molecular complexity index is 891. The minimum Gasteiger partial charge on any atom is -0.493 e. The molecule has 1 saturated heterocycles. The molecule has 2 fully saturated rings. The van der Waals surface area contributed by atoms with Crippen LogP contribution in [0, 0.1) is 11.3 Å². The third kappa shape index (κ3) is 4.33. The molecule has 1 N–H and O–H groups in total. The first kappa shape index (κ1) is 21.1. The highest BCUT2D eigenvalue weighted by atomic mass is 16.7. The third-order valence-electron chi connectivity index (χ3n) is 6.18. The SMILES string of the molecule is CC(C)COc1ccc(NC(=O)C2(C)COC3(CCCCC3)OC2)c2ccccc12. The highest BCUT2D eigenvalue weighted by molar-refractivity contribution is 6.05. The van der Waals surface area contributed by atoms with Gasteiger partial charge in [0.15, 0.2) is 5.79 Å². The summed E-state index contributed by atoms with van der Waals surface area (Å²) in [5.74, 6) is 0.739. The molecule has 1 aliphatic carbocycles. The van der Waals surface area contributed by atoms with E-state index >= 15 is 0 Å². The topological polar surface area (TPSA) is 56.8 Å². The largest absolute Gasteiger partial charge is 0.493 e. The summed E-state index contributed by atoms with van der Waals surface area (Å²) in [5, 5.41) is 5.09. The number of amides is 1. The molecule has 0 aromatic heterocycles. The van der Waals surface area contributed by atoms with Crippen molar-refractivity contribution in [2.45, 2.75) is 58.7 Å². The highest BCUT2D eigenvalue weighted by Gasteiger charge is 2.46. The van der Waals surface area contributed by atoms with Gasteiger partial charge in [0, 0.05) is 29.3 Å². The van der Waals surface area contributed by atoms with E-state index in [4.69, 9.17) is 14.2 Å². The molecule has 4 rings (SSSR count). The number of benzene rings is 2. The van der Waals surface area contributed by atoms with E-state index in [1.807, 2.05) is 43.3 Å². The fourth-order valence-corrected chi connectivity index (χ4v) is 4.21. The molecule has 2 aromatic carbocycles. The maximum absolute atomic E-state index is 13.2. The Labute approximate surface area is 179 Å². The molecular weight excluding hydrogens is 378 g/mol. The molecule has 1 aliphatic heterocycles. The molecule has 1 spiro atoms. The van der Waals surface area contributed by atoms with Crippen molar-refractivity contribution in [2.24, 2.45) is 11.3 Å². The predicted octanol–water partition coefficient (Wildman–Crippen LogP) is 5.53. The summed E-state index contributed by atoms with van der Waals surface area (Å²) in [5.41, 5.74) is 0.0723. The second-order valence-corrected chi connectivity index (χ2v) is 9.43. The molecule has 0 radical (unpaired) electrons. The first-order chi connectivity index (χ1) is 14.4. The zero-order valence-electron chi connectivity index (χ0n) is 18.3. The second kappa shape index (κ2) is 8.56. The van der Waals surface area contributed by atoms with Gasteiger partial charge in [-0.3, -0.25) is 4.79 Å². The van der Waals surface area contributed by atoms with Gasteiger partial charge in [-0.25, -0.2) is 0 Å². The number of hydrogen-bond donors (Lipinski definition) is 1. The predicted molar refractivity (Wildman–Crippen MR) is 119 cm³/mol. The van der Waals surface area contributed by atoms with Crippen LogP contribution in [0.3, 0.4) is 0 Å². The maximum atomic E-state index is 13.2. The third-order valence-corrected chi connectivity index (χ3v) is 6.18. The first-order valence-corrected chi connectivity index (χ1v) is 11.1. The fourth-order valence-electron chi connectivity index (χ4n) is 4.21. The van der Waals surface area contributed by atoms with Gasteiger partial charge in [0.1, 0.15) is 5.75 Å². The van der Waals surface area contributed by atoms with Gasteiger partial charge < -0.3 is 19.5 Å². The monoisotopic (exact) mass is 411 g/mol. The van der Waals surface area contributed by atoms with E-state index in [-0.39, 0.29) is 5.91 Å². The van der Waals surface area contributed by atoms with Crippen LogP contribution in [0.15, 0.2) is 36.4 Å². The van der Waals surface area contributed by atoms with Crippen LogP contribution in [-0.4, -0.2) is 31.5 Å². The quantitative estimate of drug-likeness (QED) is 0.703. The molecule has 2 aromatic rings. The van der Waals surface area contributed by atoms with Crippen molar-refractivity contribution >= 4 is 22.4 Å². The van der Waals surface area contributed by atoms with Gasteiger partial charge in [0.2, 0.25) is 5.91 Å². The van der Waals surface area contributed by atoms with Crippen molar-refractivity contribution in [3.8, 4) is 5.75 Å². The van der Waals surface area contributed by atoms with E-state index < -0.39 is 11.2 Å². The molecule has 1 amide bonds. The van der Waals surface area contributed by atoms with E-state index in [0.717, 1.165) is 47.9 Å². The molecule has 5 heteroatoms. The highest BCUT2D eigenvalue weighted by Crippen LogP contribution is 2.40. The molecule has 162 valence electrons. The fraction of sp³-hybridized carbons (Fsp3) is 0.560. The zero-order chi connectivity index (χ0) is 21.2. The van der Waals surface area contributed by atoms with E-state index in [1.54, 1.807) is 0 Å². The van der Waals surface area contributed by atoms with Gasteiger partial charge in [0.25, 0.3) is 0 Å². The average Bonchev–Trinajstić information content (AvgIpc) is 2.76. The molecule has 30 heavy (non-hydrogen) atoms. The first-order valence-electron chi connectivity index (χ1n) is 11.1. The summed E-state index contributed by atoms with van der Waals surface area (Å²) in [6, 6.07) is 11.9. The minimum absolute atomic E-state index is 0.0749. The molecule has 1 heterocycles. The molecule has 0 atom stereocenters. The summed E-state index contributed by atoms with van der Waals surface area (Å²) in [7, 11) is 0. The van der Waals surface area contributed by atoms with Crippen molar-refractivity contribution in [3.05, 3.63) is 36.4 Å². The van der Waals surface area contributed by atoms with E-state index in [2.05, 4.69) is 19.2 Å². The van der Waals surface area contributed by atoms with Crippen LogP contribution in [0.25, 0.3) is 10.8 Å². The number of carbonyl (C=O) groups excluding carboxylic acids is 1. The minimum atomic E-state index is -0.712. The number of anilines is 1. The number of carbonyl (C=O) groups is 1. The van der Waals surface area contributed by atoms with Crippen LogP contribution in [-0.2, 0) is 14.3 Å². The van der Waals surface area contributed by atoms with E-state index in [9.17, 15) is 4.79 Å². The average molecular weight is 412 g/mol. The van der Waals surface area contributed by atoms with Crippen molar-refractivity contribution in [3.63, 3.8) is 0 Å². The van der Waals surface area contributed by atoms with Crippen LogP contribution in [0.5, 0.6) is 5.75 Å². The Morgan fingerprint density at radius 3 is 2.37 bits per heavy atom. The van der Waals surface area contributed by atoms with Crippen LogP contribution >= 0.6 is 0 Å². The Morgan fingerprint density at radius 2 is 1.70 bits per heavy atom. The lowest BCUT2D eigenvalue weighted by molar-refractivity contribution is -0.306. The van der Waals surface area contributed by atoms with Crippen molar-refractivity contribution in [2.75, 3.05) is 25.1 Å². The summed E-state index contributed by atoms with van der Waals surface area (Å²) < 4.78 is 18.3. The molecule has 1 saturated carbocycles. The summed E-state index contributed by atoms with van der Waals surface area (Å²) in [4.78, 5) is 13.2. The lowest BCUT2D eigenvalue weighted by Gasteiger charge is -2.45. The van der Waals surface area contributed by atoms with Gasteiger partial charge in [-0.05, 0) is 37.8 Å². The number of hydrogen-bond acceptors (Lipinski definition) is 4. The normalized spacial score (nSPS) is 20.4. The second-order valence-electron chi connectivity index (χ2n) is 9.43. The van der Waals surface area contributed by atoms with E-state index in [1.165, 1.54) is 6.42 Å². The van der Waals surface area contributed by atoms with Crippen LogP contribution < -0.4 is 10.1 Å². The Morgan fingerprint density at radius 1 is 1.03 bits per heavy atom. The molecule has 0 bridgehead atoms. The van der Waals surface area contributed by atoms with Crippen LogP contribution in [0.4, 0.5) is 5.69 Å². The number of ether oxygens (including phenoxy) is 3. The van der Waals surface area contributed by atoms with Crippen LogP contribution in [0.1, 0.15) is 52.9 Å². The lowest BCUT2D eigenvalue weighted by Crippen LogP contribution is -2.53. The molecule has 5 nitrogen and oxygen atoms in total. The number of rotatable bonds is 5. The van der Waals surface area contributed by atoms with Crippen molar-refractivity contribution < 1.29 is 19.0 Å². The smallest absolute Gasteiger partial charge is 0.235 e. The zero-order valence-corrected chi connectivity index (χ0v) is 18.3. The van der Waals surface area contributed by atoms with Gasteiger partial charge in [-0.2, -0.15) is 0 Å². The Hall–Kier alpha value is -2.11. The molecule has 2 aliphatic rings. The van der Waals surface area contributed by atoms with Gasteiger partial charge in [-0.15, -0.1) is 0 Å². The molecule has 0 unspecified atom stereocenters. The van der Waals surface area contributed by atoms with Gasteiger partial charge >= 0.3 is 0 Å². The van der Waals surface area contributed by atoms with Gasteiger partial charge in [0.05, 0.1) is 25.2 Å². The van der Waals surface area contributed by atoms with Crippen LogP contribution in [0.2, 0.25) is 0 Å². The van der Waals surface area contributed by atoms with E-state index in [0.29, 0.717) is 25.7 Å². The van der Waals surface area contributed by atoms with Crippen molar-refractivity contribution in [1.82, 2.24) is 0 Å². The lowest BCUT2D eigenvalue weighted by atomic mass is 9.87.